The lowest BCUT2D eigenvalue weighted by Crippen LogP contribution is -2.39. The lowest BCUT2D eigenvalue weighted by Gasteiger charge is -2.28. The Bertz CT molecular complexity index is 414. The second kappa shape index (κ2) is 5.66. The van der Waals surface area contributed by atoms with Gasteiger partial charge in [0.25, 0.3) is 0 Å². The van der Waals surface area contributed by atoms with Gasteiger partial charge in [-0.15, -0.1) is 0 Å². The van der Waals surface area contributed by atoms with Gasteiger partial charge >= 0.3 is 5.97 Å². The molecule has 0 saturated carbocycles. The van der Waals surface area contributed by atoms with E-state index in [1.807, 2.05) is 0 Å². The van der Waals surface area contributed by atoms with Crippen molar-refractivity contribution in [2.75, 3.05) is 0 Å². The van der Waals surface area contributed by atoms with Crippen LogP contribution in [0.5, 0.6) is 0 Å². The van der Waals surface area contributed by atoms with Crippen LogP contribution in [0.15, 0.2) is 12.4 Å². The molecule has 6 nitrogen and oxygen atoms in total. The van der Waals surface area contributed by atoms with Gasteiger partial charge in [-0.1, -0.05) is 13.8 Å². The quantitative estimate of drug-likeness (QED) is 0.709. The van der Waals surface area contributed by atoms with E-state index < -0.39 is 11.4 Å². The van der Waals surface area contributed by atoms with Gasteiger partial charge < -0.3 is 15.4 Å². The van der Waals surface area contributed by atoms with Crippen LogP contribution in [0.2, 0.25) is 0 Å². The molecule has 0 fully saturated rings. The maximum absolute atomic E-state index is 11.7. The first-order valence-electron chi connectivity index (χ1n) is 5.84. The number of hydrogen-bond acceptors (Lipinski definition) is 3. The number of carboxylic acids is 1. The molecule has 18 heavy (non-hydrogen) atoms. The van der Waals surface area contributed by atoms with Gasteiger partial charge in [0.05, 0.1) is 12.0 Å². The van der Waals surface area contributed by atoms with Crippen LogP contribution in [0, 0.1) is 11.3 Å². The van der Waals surface area contributed by atoms with E-state index in [1.165, 1.54) is 0 Å². The predicted octanol–water partition coefficient (Wildman–Crippen LogP) is 1.16. The smallest absolute Gasteiger partial charge is 0.310 e. The van der Waals surface area contributed by atoms with Crippen molar-refractivity contribution in [1.29, 1.82) is 0 Å². The van der Waals surface area contributed by atoms with Crippen LogP contribution in [0.4, 0.5) is 0 Å². The molecule has 1 unspecified atom stereocenters. The first-order valence-corrected chi connectivity index (χ1v) is 5.84. The summed E-state index contributed by atoms with van der Waals surface area (Å²) in [6.07, 6.45) is 3.22. The van der Waals surface area contributed by atoms with Gasteiger partial charge in [0.1, 0.15) is 5.82 Å². The third-order valence-electron chi connectivity index (χ3n) is 3.30. The highest BCUT2D eigenvalue weighted by Gasteiger charge is 2.38. The van der Waals surface area contributed by atoms with Gasteiger partial charge in [-0.25, -0.2) is 4.98 Å². The maximum atomic E-state index is 11.7. The van der Waals surface area contributed by atoms with Crippen molar-refractivity contribution in [1.82, 2.24) is 15.3 Å². The molecule has 3 N–H and O–H groups in total. The molecule has 6 heteroatoms. The van der Waals surface area contributed by atoms with E-state index in [1.54, 1.807) is 33.2 Å². The van der Waals surface area contributed by atoms with E-state index in [-0.39, 0.29) is 24.8 Å². The molecule has 0 radical (unpaired) electrons. The Kier molecular flexibility index (Phi) is 4.47. The summed E-state index contributed by atoms with van der Waals surface area (Å²) in [5, 5.41) is 11.9. The number of nitrogens with zero attached hydrogens (tertiary/aromatic N) is 1. The molecule has 1 heterocycles. The number of H-pyrrole nitrogens is 1. The molecule has 0 aliphatic heterocycles. The summed E-state index contributed by atoms with van der Waals surface area (Å²) >= 11 is 0. The minimum Gasteiger partial charge on any atom is -0.481 e. The van der Waals surface area contributed by atoms with Crippen molar-refractivity contribution in [2.24, 2.45) is 11.3 Å². The topological polar surface area (TPSA) is 95.1 Å². The zero-order valence-corrected chi connectivity index (χ0v) is 10.9. The summed E-state index contributed by atoms with van der Waals surface area (Å²) in [7, 11) is 0. The molecule has 0 aliphatic rings. The molecule has 1 aromatic rings. The molecular formula is C12H19N3O3. The monoisotopic (exact) mass is 253 g/mol. The van der Waals surface area contributed by atoms with Crippen molar-refractivity contribution in [3.05, 3.63) is 18.2 Å². The molecule has 100 valence electrons. The highest BCUT2D eigenvalue weighted by atomic mass is 16.4. The summed E-state index contributed by atoms with van der Waals surface area (Å²) in [6.45, 7) is 5.47. The molecule has 1 atom stereocenters. The number of amides is 1. The standard InChI is InChI=1S/C12H19N3O3/c1-8(2)12(3,11(17)18)6-10(16)15-7-9-13-4-5-14-9/h4-5,8H,6-7H2,1-3H3,(H,13,14)(H,15,16)(H,17,18). The third kappa shape index (κ3) is 3.32. The largest absolute Gasteiger partial charge is 0.481 e. The minimum atomic E-state index is -1.05. The summed E-state index contributed by atoms with van der Waals surface area (Å²) < 4.78 is 0. The van der Waals surface area contributed by atoms with Gasteiger partial charge in [0.2, 0.25) is 5.91 Å². The fourth-order valence-electron chi connectivity index (χ4n) is 1.50. The Balaban J connectivity index is 2.55. The van der Waals surface area contributed by atoms with Crippen molar-refractivity contribution >= 4 is 11.9 Å². The van der Waals surface area contributed by atoms with Gasteiger partial charge in [-0.2, -0.15) is 0 Å². The average Bonchev–Trinajstić information content (AvgIpc) is 2.78. The zero-order chi connectivity index (χ0) is 13.8. The van der Waals surface area contributed by atoms with Gasteiger partial charge in [0, 0.05) is 18.8 Å². The van der Waals surface area contributed by atoms with E-state index in [9.17, 15) is 14.7 Å². The lowest BCUT2D eigenvalue weighted by atomic mass is 9.76. The maximum Gasteiger partial charge on any atom is 0.310 e. The Hall–Kier alpha value is -1.85. The normalized spacial score (nSPS) is 14.2. The Morgan fingerprint density at radius 3 is 2.67 bits per heavy atom. The molecule has 0 aromatic carbocycles. The van der Waals surface area contributed by atoms with E-state index in [2.05, 4.69) is 15.3 Å². The number of carbonyl (C=O) groups is 2. The molecule has 1 aromatic heterocycles. The van der Waals surface area contributed by atoms with E-state index >= 15 is 0 Å². The van der Waals surface area contributed by atoms with E-state index in [0.717, 1.165) is 0 Å². The fraction of sp³-hybridized carbons (Fsp3) is 0.583. The average molecular weight is 253 g/mol. The van der Waals surface area contributed by atoms with Gasteiger partial charge in [0.15, 0.2) is 0 Å². The number of nitrogens with one attached hydrogen (secondary N) is 2. The SMILES string of the molecule is CC(C)C(C)(CC(=O)NCc1ncc[nH]1)C(=O)O. The zero-order valence-electron chi connectivity index (χ0n) is 10.9. The van der Waals surface area contributed by atoms with Crippen LogP contribution in [0.1, 0.15) is 33.0 Å². The van der Waals surface area contributed by atoms with Crippen LogP contribution < -0.4 is 5.32 Å². The van der Waals surface area contributed by atoms with E-state index in [0.29, 0.717) is 5.82 Å². The number of aromatic amines is 1. The second-order valence-electron chi connectivity index (χ2n) is 4.87. The van der Waals surface area contributed by atoms with Crippen LogP contribution in [0.3, 0.4) is 0 Å². The molecule has 0 aliphatic carbocycles. The van der Waals surface area contributed by atoms with Crippen molar-refractivity contribution < 1.29 is 14.7 Å². The number of imidazole rings is 1. The number of rotatable bonds is 6. The third-order valence-corrected chi connectivity index (χ3v) is 3.30. The van der Waals surface area contributed by atoms with Gasteiger partial charge in [-0.05, 0) is 12.8 Å². The Labute approximate surface area is 106 Å². The molecule has 0 bridgehead atoms. The van der Waals surface area contributed by atoms with Gasteiger partial charge in [-0.3, -0.25) is 9.59 Å². The second-order valence-corrected chi connectivity index (χ2v) is 4.87. The first kappa shape index (κ1) is 14.2. The summed E-state index contributed by atoms with van der Waals surface area (Å²) in [6, 6.07) is 0. The van der Waals surface area contributed by atoms with Crippen LogP contribution in [-0.2, 0) is 16.1 Å². The number of aliphatic carboxylic acids is 1. The molecule has 1 amide bonds. The van der Waals surface area contributed by atoms with Crippen molar-refractivity contribution in [3.63, 3.8) is 0 Å². The summed E-state index contributed by atoms with van der Waals surface area (Å²) in [5.74, 6) is -0.718. The van der Waals surface area contributed by atoms with Crippen LogP contribution >= 0.6 is 0 Å². The molecular weight excluding hydrogens is 234 g/mol. The Morgan fingerprint density at radius 2 is 2.22 bits per heavy atom. The van der Waals surface area contributed by atoms with Crippen LogP contribution in [-0.4, -0.2) is 27.0 Å². The summed E-state index contributed by atoms with van der Waals surface area (Å²) in [5.41, 5.74) is -1.05. The predicted molar refractivity (Wildman–Crippen MR) is 65.6 cm³/mol. The highest BCUT2D eigenvalue weighted by molar-refractivity contribution is 5.84. The molecule has 0 saturated heterocycles. The fourth-order valence-corrected chi connectivity index (χ4v) is 1.50. The van der Waals surface area contributed by atoms with Crippen molar-refractivity contribution in [2.45, 2.75) is 33.7 Å². The van der Waals surface area contributed by atoms with E-state index in [4.69, 9.17) is 0 Å². The Morgan fingerprint density at radius 1 is 1.56 bits per heavy atom. The number of carboxylic acid groups (broad SMARTS) is 1. The number of aromatic nitrogens is 2. The van der Waals surface area contributed by atoms with Crippen molar-refractivity contribution in [3.8, 4) is 0 Å². The molecule has 0 spiro atoms. The summed E-state index contributed by atoms with van der Waals surface area (Å²) in [4.78, 5) is 29.8. The lowest BCUT2D eigenvalue weighted by molar-refractivity contribution is -0.153. The highest BCUT2D eigenvalue weighted by Crippen LogP contribution is 2.31. The first-order chi connectivity index (χ1) is 8.36. The molecule has 1 rings (SSSR count). The minimum absolute atomic E-state index is 0.0410. The van der Waals surface area contributed by atoms with Crippen LogP contribution in [0.25, 0.3) is 0 Å². The number of carbonyl (C=O) groups excluding carboxylic acids is 1. The number of hydrogen-bond donors (Lipinski definition) is 3.